The van der Waals surface area contributed by atoms with Gasteiger partial charge in [0.25, 0.3) is 5.72 Å². The molecular formula is C12H11F3N2OS. The van der Waals surface area contributed by atoms with Crippen LogP contribution >= 0.6 is 12.2 Å². The molecule has 7 heteroatoms. The van der Waals surface area contributed by atoms with Crippen LogP contribution in [0.5, 0.6) is 0 Å². The SMILES string of the molecule is CC1=NN(C(=S)c2ccccc2)[C@](O)(C(F)(F)F)C1. The fourth-order valence-electron chi connectivity index (χ4n) is 1.86. The monoisotopic (exact) mass is 288 g/mol. The Morgan fingerprint density at radius 2 is 1.95 bits per heavy atom. The summed E-state index contributed by atoms with van der Waals surface area (Å²) in [5, 5.41) is 14.1. The lowest BCUT2D eigenvalue weighted by atomic mass is 10.1. The van der Waals surface area contributed by atoms with Crippen LogP contribution < -0.4 is 0 Å². The van der Waals surface area contributed by atoms with E-state index in [2.05, 4.69) is 5.10 Å². The third kappa shape index (κ3) is 2.35. The van der Waals surface area contributed by atoms with Gasteiger partial charge in [0.05, 0.1) is 0 Å². The molecule has 0 spiro atoms. The van der Waals surface area contributed by atoms with E-state index in [0.29, 0.717) is 10.6 Å². The average Bonchev–Trinajstić information content (AvgIpc) is 2.65. The van der Waals surface area contributed by atoms with Crippen LogP contribution in [0, 0.1) is 0 Å². The first-order valence-corrected chi connectivity index (χ1v) is 5.89. The van der Waals surface area contributed by atoms with Crippen molar-refractivity contribution in [1.82, 2.24) is 5.01 Å². The second-order valence-electron chi connectivity index (χ2n) is 4.31. The van der Waals surface area contributed by atoms with Crippen LogP contribution in [-0.4, -0.2) is 32.7 Å². The number of hydrogen-bond acceptors (Lipinski definition) is 3. The van der Waals surface area contributed by atoms with E-state index in [0.717, 1.165) is 0 Å². The summed E-state index contributed by atoms with van der Waals surface area (Å²) in [6.07, 6.45) is -5.45. The quantitative estimate of drug-likeness (QED) is 0.807. The van der Waals surface area contributed by atoms with Crippen LogP contribution in [0.4, 0.5) is 13.2 Å². The third-order valence-corrected chi connectivity index (χ3v) is 3.20. The topological polar surface area (TPSA) is 35.8 Å². The van der Waals surface area contributed by atoms with Crippen LogP contribution in [-0.2, 0) is 0 Å². The van der Waals surface area contributed by atoms with E-state index in [1.54, 1.807) is 30.3 Å². The van der Waals surface area contributed by atoms with Crippen LogP contribution in [0.25, 0.3) is 0 Å². The zero-order chi connectivity index (χ0) is 14.3. The number of hydrazone groups is 1. The molecule has 1 atom stereocenters. The molecule has 0 fully saturated rings. The molecule has 19 heavy (non-hydrogen) atoms. The van der Waals surface area contributed by atoms with Crippen molar-refractivity contribution in [2.24, 2.45) is 5.10 Å². The van der Waals surface area contributed by atoms with Crippen molar-refractivity contribution in [2.75, 3.05) is 0 Å². The van der Waals surface area contributed by atoms with Crippen molar-refractivity contribution in [3.05, 3.63) is 35.9 Å². The van der Waals surface area contributed by atoms with Crippen LogP contribution in [0.1, 0.15) is 18.9 Å². The van der Waals surface area contributed by atoms with Gasteiger partial charge in [0.1, 0.15) is 4.99 Å². The first-order valence-electron chi connectivity index (χ1n) is 5.48. The number of nitrogens with zero attached hydrogens (tertiary/aromatic N) is 2. The van der Waals surface area contributed by atoms with Gasteiger partial charge < -0.3 is 5.11 Å². The Morgan fingerprint density at radius 1 is 1.37 bits per heavy atom. The summed E-state index contributed by atoms with van der Waals surface area (Å²) < 4.78 is 39.1. The molecular weight excluding hydrogens is 277 g/mol. The Bertz CT molecular complexity index is 530. The predicted octanol–water partition coefficient (Wildman–Crippen LogP) is 2.69. The highest BCUT2D eigenvalue weighted by molar-refractivity contribution is 7.80. The largest absolute Gasteiger partial charge is 0.438 e. The summed E-state index contributed by atoms with van der Waals surface area (Å²) in [5.74, 6) is 0. The van der Waals surface area contributed by atoms with Gasteiger partial charge in [-0.3, -0.25) is 0 Å². The van der Waals surface area contributed by atoms with Crippen molar-refractivity contribution >= 4 is 22.9 Å². The smallest absolute Gasteiger partial charge is 0.362 e. The van der Waals surface area contributed by atoms with Gasteiger partial charge in [0.2, 0.25) is 0 Å². The second kappa shape index (κ2) is 4.57. The van der Waals surface area contributed by atoms with Crippen LogP contribution in [0.15, 0.2) is 35.4 Å². The maximum atomic E-state index is 13.0. The predicted molar refractivity (Wildman–Crippen MR) is 68.7 cm³/mol. The minimum absolute atomic E-state index is 0.155. The minimum atomic E-state index is -4.84. The fraction of sp³-hybridized carbons (Fsp3) is 0.333. The summed E-state index contributed by atoms with van der Waals surface area (Å²) in [6.45, 7) is 1.42. The molecule has 1 aliphatic rings. The highest BCUT2D eigenvalue weighted by Crippen LogP contribution is 2.41. The van der Waals surface area contributed by atoms with E-state index in [4.69, 9.17) is 12.2 Å². The summed E-state index contributed by atoms with van der Waals surface area (Å²) >= 11 is 5.01. The molecule has 0 bridgehead atoms. The minimum Gasteiger partial charge on any atom is -0.362 e. The van der Waals surface area contributed by atoms with E-state index >= 15 is 0 Å². The Morgan fingerprint density at radius 3 is 2.47 bits per heavy atom. The number of rotatable bonds is 1. The lowest BCUT2D eigenvalue weighted by Gasteiger charge is -2.34. The summed E-state index contributed by atoms with van der Waals surface area (Å²) in [7, 11) is 0. The van der Waals surface area contributed by atoms with Gasteiger partial charge in [-0.05, 0) is 6.92 Å². The molecule has 0 radical (unpaired) electrons. The zero-order valence-corrected chi connectivity index (χ0v) is 10.8. The van der Waals surface area contributed by atoms with E-state index < -0.39 is 18.3 Å². The van der Waals surface area contributed by atoms with Crippen LogP contribution in [0.2, 0.25) is 0 Å². The molecule has 102 valence electrons. The van der Waals surface area contributed by atoms with Gasteiger partial charge in [-0.25, -0.2) is 5.01 Å². The molecule has 0 unspecified atom stereocenters. The Balaban J connectivity index is 2.40. The number of hydrogen-bond donors (Lipinski definition) is 1. The zero-order valence-electron chi connectivity index (χ0n) is 9.98. The number of halogens is 3. The van der Waals surface area contributed by atoms with Crippen molar-refractivity contribution in [1.29, 1.82) is 0 Å². The molecule has 3 nitrogen and oxygen atoms in total. The maximum absolute atomic E-state index is 13.0. The summed E-state index contributed by atoms with van der Waals surface area (Å²) in [6, 6.07) is 8.17. The van der Waals surface area contributed by atoms with Gasteiger partial charge in [-0.2, -0.15) is 18.3 Å². The molecule has 1 aromatic rings. The molecule has 0 aromatic heterocycles. The Hall–Kier alpha value is -1.47. The molecule has 1 aliphatic heterocycles. The van der Waals surface area contributed by atoms with Crippen LogP contribution in [0.3, 0.4) is 0 Å². The first-order chi connectivity index (χ1) is 8.75. The van der Waals surface area contributed by atoms with Gasteiger partial charge in [0, 0.05) is 17.7 Å². The molecule has 0 aliphatic carbocycles. The number of thiocarbonyl (C=S) groups is 1. The highest BCUT2D eigenvalue weighted by atomic mass is 32.1. The second-order valence-corrected chi connectivity index (χ2v) is 4.70. The van der Waals surface area contributed by atoms with Crippen molar-refractivity contribution in [3.63, 3.8) is 0 Å². The van der Waals surface area contributed by atoms with E-state index in [1.807, 2.05) is 0 Å². The van der Waals surface area contributed by atoms with E-state index in [9.17, 15) is 18.3 Å². The van der Waals surface area contributed by atoms with Gasteiger partial charge in [-0.15, -0.1) is 0 Å². The van der Waals surface area contributed by atoms with Gasteiger partial charge in [-0.1, -0.05) is 42.5 Å². The van der Waals surface area contributed by atoms with Crippen molar-refractivity contribution in [3.8, 4) is 0 Å². The molecule has 1 N–H and O–H groups in total. The standard InChI is InChI=1S/C12H11F3N2OS/c1-8-7-11(18,12(13,14)15)17(16-8)10(19)9-5-3-2-4-6-9/h2-6,18H,7H2,1H3/t11-/m1/s1. The Labute approximate surface area is 113 Å². The number of alkyl halides is 3. The van der Waals surface area contributed by atoms with Crippen molar-refractivity contribution < 1.29 is 18.3 Å². The fourth-order valence-corrected chi connectivity index (χ4v) is 2.19. The van der Waals surface area contributed by atoms with Crippen molar-refractivity contribution in [2.45, 2.75) is 25.2 Å². The molecule has 1 aromatic carbocycles. The van der Waals surface area contributed by atoms with E-state index in [-0.39, 0.29) is 10.7 Å². The third-order valence-electron chi connectivity index (χ3n) is 2.79. The van der Waals surface area contributed by atoms with E-state index in [1.165, 1.54) is 6.92 Å². The van der Waals surface area contributed by atoms with Gasteiger partial charge in [0.15, 0.2) is 0 Å². The molecule has 0 saturated heterocycles. The number of benzene rings is 1. The van der Waals surface area contributed by atoms with Gasteiger partial charge >= 0.3 is 6.18 Å². The molecule has 1 heterocycles. The molecule has 0 amide bonds. The molecule has 2 rings (SSSR count). The first kappa shape index (κ1) is 14.0. The molecule has 0 saturated carbocycles. The number of aliphatic hydroxyl groups is 1. The summed E-state index contributed by atoms with van der Waals surface area (Å²) in [5.41, 5.74) is -2.49. The highest BCUT2D eigenvalue weighted by Gasteiger charge is 2.61. The lowest BCUT2D eigenvalue weighted by Crippen LogP contribution is -2.56. The Kier molecular flexibility index (Phi) is 3.36. The lowest BCUT2D eigenvalue weighted by molar-refractivity contribution is -0.294. The average molecular weight is 288 g/mol. The normalized spacial score (nSPS) is 23.4. The maximum Gasteiger partial charge on any atom is 0.438 e. The summed E-state index contributed by atoms with van der Waals surface area (Å²) in [4.78, 5) is -0.155.